The van der Waals surface area contributed by atoms with Gasteiger partial charge < -0.3 is 20.1 Å². The molecule has 3 heterocycles. The number of nitrogens with zero attached hydrogens (tertiary/aromatic N) is 3. The summed E-state index contributed by atoms with van der Waals surface area (Å²) >= 11 is 5.91. The fraction of sp³-hybridized carbons (Fsp3) is 0.233. The van der Waals surface area contributed by atoms with Crippen LogP contribution in [0.5, 0.6) is 0 Å². The van der Waals surface area contributed by atoms with E-state index in [0.29, 0.717) is 5.11 Å². The van der Waals surface area contributed by atoms with Gasteiger partial charge >= 0.3 is 0 Å². The highest BCUT2D eigenvalue weighted by molar-refractivity contribution is 7.80. The van der Waals surface area contributed by atoms with Crippen molar-refractivity contribution in [3.05, 3.63) is 107 Å². The number of aromatic nitrogens is 2. The summed E-state index contributed by atoms with van der Waals surface area (Å²) in [5, 5.41) is 7.03. The minimum Gasteiger partial charge on any atom is -0.351 e. The molecule has 5 rings (SSSR count). The summed E-state index contributed by atoms with van der Waals surface area (Å²) in [7, 11) is 0. The first-order chi connectivity index (χ1) is 17.9. The minimum absolute atomic E-state index is 0.0981. The first kappa shape index (κ1) is 24.7. The Morgan fingerprint density at radius 2 is 1.78 bits per heavy atom. The molecule has 6 nitrogen and oxygen atoms in total. The Balaban J connectivity index is 1.65. The molecule has 0 aliphatic carbocycles. The molecule has 2 aromatic carbocycles. The van der Waals surface area contributed by atoms with E-state index < -0.39 is 0 Å². The zero-order chi connectivity index (χ0) is 26.1. The maximum atomic E-state index is 11.5. The van der Waals surface area contributed by atoms with Crippen LogP contribution < -0.4 is 15.5 Å². The Labute approximate surface area is 223 Å². The van der Waals surface area contributed by atoms with Crippen LogP contribution in [0.3, 0.4) is 0 Å². The quantitative estimate of drug-likeness (QED) is 0.304. The number of thiocarbonyl (C=S) groups is 1. The third-order valence-corrected chi connectivity index (χ3v) is 7.28. The predicted octanol–water partition coefficient (Wildman–Crippen LogP) is 6.19. The van der Waals surface area contributed by atoms with Gasteiger partial charge in [-0.1, -0.05) is 31.2 Å². The zero-order valence-electron chi connectivity index (χ0n) is 21.5. The number of hydrogen-bond donors (Lipinski definition) is 2. The zero-order valence-corrected chi connectivity index (χ0v) is 22.3. The van der Waals surface area contributed by atoms with Crippen LogP contribution in [0.1, 0.15) is 54.1 Å². The van der Waals surface area contributed by atoms with Gasteiger partial charge in [-0.25, -0.2) is 0 Å². The van der Waals surface area contributed by atoms with Crippen LogP contribution in [0.15, 0.2) is 79.0 Å². The third kappa shape index (κ3) is 4.62. The van der Waals surface area contributed by atoms with E-state index in [1.165, 1.54) is 35.1 Å². The molecular weight excluding hydrogens is 478 g/mol. The normalized spacial score (nSPS) is 17.1. The molecule has 4 aromatic rings. The van der Waals surface area contributed by atoms with Crippen molar-refractivity contribution in [1.29, 1.82) is 0 Å². The van der Waals surface area contributed by atoms with E-state index in [0.717, 1.165) is 23.5 Å². The summed E-state index contributed by atoms with van der Waals surface area (Å²) in [6, 6.07) is 24.4. The average Bonchev–Trinajstić information content (AvgIpc) is 3.39. The number of anilines is 2. The highest BCUT2D eigenvalue weighted by atomic mass is 32.1. The molecule has 0 saturated carbocycles. The van der Waals surface area contributed by atoms with E-state index >= 15 is 0 Å². The Morgan fingerprint density at radius 3 is 2.46 bits per heavy atom. The molecule has 1 aliphatic heterocycles. The molecule has 1 aliphatic rings. The van der Waals surface area contributed by atoms with Gasteiger partial charge in [-0.15, -0.1) is 0 Å². The Morgan fingerprint density at radius 1 is 1.05 bits per heavy atom. The van der Waals surface area contributed by atoms with Crippen LogP contribution in [0, 0.1) is 13.8 Å². The number of carbonyl (C=O) groups is 1. The number of benzene rings is 2. The topological polar surface area (TPSA) is 62.2 Å². The second-order valence-electron chi connectivity index (χ2n) is 9.37. The second kappa shape index (κ2) is 10.2. The second-order valence-corrected chi connectivity index (χ2v) is 9.76. The van der Waals surface area contributed by atoms with Crippen molar-refractivity contribution in [2.45, 2.75) is 46.2 Å². The minimum atomic E-state index is -0.126. The molecule has 188 valence electrons. The number of amides is 1. The molecule has 0 radical (unpaired) electrons. The first-order valence-corrected chi connectivity index (χ1v) is 12.9. The standard InChI is InChI=1S/C30H31N5OS/c1-5-22-10-6-7-12-27(22)34-19(2)18-25(20(34)3)29-28(26-11-8-9-17-31-26)33-30(37)35(29)24-15-13-23(14-16-24)32-21(4)36/h6-18,28-29H,5H2,1-4H3,(H,32,36)(H,33,37)/t28-,29-/m0/s1. The molecule has 2 atom stereocenters. The van der Waals surface area contributed by atoms with Gasteiger partial charge in [0.15, 0.2) is 5.11 Å². The lowest BCUT2D eigenvalue weighted by atomic mass is 9.96. The van der Waals surface area contributed by atoms with Crippen LogP contribution in [-0.4, -0.2) is 20.6 Å². The molecule has 37 heavy (non-hydrogen) atoms. The van der Waals surface area contributed by atoms with Crippen LogP contribution in [0.25, 0.3) is 5.69 Å². The molecule has 7 heteroatoms. The van der Waals surface area contributed by atoms with Gasteiger partial charge in [0, 0.05) is 41.6 Å². The third-order valence-electron chi connectivity index (χ3n) is 6.97. The van der Waals surface area contributed by atoms with Gasteiger partial charge in [0.1, 0.15) is 0 Å². The van der Waals surface area contributed by atoms with Gasteiger partial charge in [0.25, 0.3) is 0 Å². The van der Waals surface area contributed by atoms with E-state index in [1.54, 1.807) is 0 Å². The van der Waals surface area contributed by atoms with Crippen LogP contribution in [0.2, 0.25) is 0 Å². The average molecular weight is 510 g/mol. The number of aryl methyl sites for hydroxylation is 2. The Bertz CT molecular complexity index is 1440. The van der Waals surface area contributed by atoms with Gasteiger partial charge in [-0.2, -0.15) is 0 Å². The lowest BCUT2D eigenvalue weighted by Gasteiger charge is -2.28. The molecule has 0 bridgehead atoms. The molecule has 0 unspecified atom stereocenters. The lowest BCUT2D eigenvalue weighted by molar-refractivity contribution is -0.114. The maximum absolute atomic E-state index is 11.5. The monoisotopic (exact) mass is 509 g/mol. The number of para-hydroxylation sites is 1. The number of rotatable bonds is 6. The number of carbonyl (C=O) groups excluding carboxylic acids is 1. The van der Waals surface area contributed by atoms with Crippen molar-refractivity contribution in [3.8, 4) is 5.69 Å². The fourth-order valence-corrected chi connectivity index (χ4v) is 5.69. The Hall–Kier alpha value is -3.97. The lowest BCUT2D eigenvalue weighted by Crippen LogP contribution is -2.29. The van der Waals surface area contributed by atoms with Crippen LogP contribution in [-0.2, 0) is 11.2 Å². The summed E-state index contributed by atoms with van der Waals surface area (Å²) in [4.78, 5) is 18.4. The van der Waals surface area contributed by atoms with E-state index in [9.17, 15) is 4.79 Å². The molecule has 2 N–H and O–H groups in total. The highest BCUT2D eigenvalue weighted by Crippen LogP contribution is 2.44. The molecular formula is C30H31N5OS. The van der Waals surface area contributed by atoms with Gasteiger partial charge in [-0.3, -0.25) is 9.78 Å². The van der Waals surface area contributed by atoms with Crippen molar-refractivity contribution in [1.82, 2.24) is 14.9 Å². The number of nitrogens with one attached hydrogen (secondary N) is 2. The molecule has 1 fully saturated rings. The molecule has 1 saturated heterocycles. The van der Waals surface area contributed by atoms with Crippen LogP contribution >= 0.6 is 12.2 Å². The van der Waals surface area contributed by atoms with E-state index in [2.05, 4.69) is 76.2 Å². The van der Waals surface area contributed by atoms with Crippen molar-refractivity contribution in [2.24, 2.45) is 0 Å². The summed E-state index contributed by atoms with van der Waals surface area (Å²) in [5.41, 5.74) is 8.70. The number of hydrogen-bond acceptors (Lipinski definition) is 3. The van der Waals surface area contributed by atoms with Crippen LogP contribution in [0.4, 0.5) is 11.4 Å². The predicted molar refractivity (Wildman–Crippen MR) is 153 cm³/mol. The highest BCUT2D eigenvalue weighted by Gasteiger charge is 2.42. The SMILES string of the molecule is CCc1ccccc1-n1c(C)cc([C@H]2[C@H](c3ccccn3)NC(=S)N2c2ccc(NC(C)=O)cc2)c1C. The molecule has 0 spiro atoms. The van der Waals surface area contributed by atoms with Crippen molar-refractivity contribution < 1.29 is 4.79 Å². The summed E-state index contributed by atoms with van der Waals surface area (Å²) in [6.07, 6.45) is 2.78. The van der Waals surface area contributed by atoms with Gasteiger partial charge in [-0.05, 0) is 92.1 Å². The number of pyridine rings is 1. The van der Waals surface area contributed by atoms with Gasteiger partial charge in [0.2, 0.25) is 5.91 Å². The summed E-state index contributed by atoms with van der Waals surface area (Å²) < 4.78 is 2.35. The first-order valence-electron chi connectivity index (χ1n) is 12.5. The van der Waals surface area contributed by atoms with Gasteiger partial charge in [0.05, 0.1) is 17.8 Å². The van der Waals surface area contributed by atoms with Crippen molar-refractivity contribution in [3.63, 3.8) is 0 Å². The largest absolute Gasteiger partial charge is 0.351 e. The van der Waals surface area contributed by atoms with Crippen molar-refractivity contribution >= 4 is 34.6 Å². The molecule has 2 aromatic heterocycles. The maximum Gasteiger partial charge on any atom is 0.221 e. The summed E-state index contributed by atoms with van der Waals surface area (Å²) in [6.45, 7) is 8.04. The van der Waals surface area contributed by atoms with E-state index in [1.807, 2.05) is 48.7 Å². The molecule has 1 amide bonds. The Kier molecular flexibility index (Phi) is 6.80. The van der Waals surface area contributed by atoms with E-state index in [-0.39, 0.29) is 18.0 Å². The van der Waals surface area contributed by atoms with Crippen molar-refractivity contribution in [2.75, 3.05) is 10.2 Å². The smallest absolute Gasteiger partial charge is 0.221 e. The summed E-state index contributed by atoms with van der Waals surface area (Å²) in [5.74, 6) is -0.0981. The van der Waals surface area contributed by atoms with E-state index in [4.69, 9.17) is 12.2 Å². The fourth-order valence-electron chi connectivity index (χ4n) is 5.34.